The van der Waals surface area contributed by atoms with Crippen LogP contribution < -0.4 is 5.11 Å². The normalized spacial score (nSPS) is 12.5. The first-order valence-electron chi connectivity index (χ1n) is 7.05. The minimum Gasteiger partial charge on any atom is -0.549 e. The quantitative estimate of drug-likeness (QED) is 0.546. The largest absolute Gasteiger partial charge is 0.549 e. The Morgan fingerprint density at radius 3 is 2.12 bits per heavy atom. The molecule has 0 amide bonds. The molecule has 2 aromatic carbocycles. The number of aryl methyl sites for hydroxylation is 1. The molecule has 8 heteroatoms. The predicted octanol–water partition coefficient (Wildman–Crippen LogP) is 1.12. The minimum atomic E-state index is -4.20. The van der Waals surface area contributed by atoms with E-state index in [4.69, 9.17) is 0 Å². The number of sulfone groups is 1. The van der Waals surface area contributed by atoms with E-state index in [1.54, 1.807) is 30.3 Å². The third kappa shape index (κ3) is 3.96. The number of carbonyl (C=O) groups excluding carboxylic acids is 1. The smallest absolute Gasteiger partial charge is 0.269 e. The lowest BCUT2D eigenvalue weighted by Gasteiger charge is -2.18. The van der Waals surface area contributed by atoms with Crippen molar-refractivity contribution in [2.45, 2.75) is 23.0 Å². The Morgan fingerprint density at radius 1 is 1.04 bits per heavy atom. The summed E-state index contributed by atoms with van der Waals surface area (Å²) < 4.78 is 25.0. The second kappa shape index (κ2) is 7.22. The van der Waals surface area contributed by atoms with Gasteiger partial charge in [-0.2, -0.15) is 0 Å². The van der Waals surface area contributed by atoms with E-state index in [0.717, 1.165) is 29.8 Å². The van der Waals surface area contributed by atoms with E-state index >= 15 is 0 Å². The minimum absolute atomic E-state index is 0.147. The zero-order chi connectivity index (χ0) is 17.7. The van der Waals surface area contributed by atoms with Gasteiger partial charge in [0.05, 0.1) is 15.8 Å². The molecule has 24 heavy (non-hydrogen) atoms. The second-order valence-corrected chi connectivity index (χ2v) is 7.26. The van der Waals surface area contributed by atoms with Crippen molar-refractivity contribution >= 4 is 21.5 Å². The van der Waals surface area contributed by atoms with Gasteiger partial charge in [-0.1, -0.05) is 30.3 Å². The standard InChI is InChI=1S/C16H15NO6S/c18-16(19)15(11-6-12-4-2-1-3-5-12)24(22,23)14-9-7-13(8-10-14)17(20)21/h1-5,7-10,15H,6,11H2,(H,18,19)/p-1. The third-order valence-corrected chi connectivity index (χ3v) is 5.66. The van der Waals surface area contributed by atoms with E-state index in [1.807, 2.05) is 0 Å². The Kier molecular flexibility index (Phi) is 5.30. The number of nitro groups is 1. The molecule has 1 atom stereocenters. The maximum absolute atomic E-state index is 12.5. The van der Waals surface area contributed by atoms with Crippen molar-refractivity contribution in [3.63, 3.8) is 0 Å². The molecule has 0 bridgehead atoms. The van der Waals surface area contributed by atoms with Gasteiger partial charge in [0, 0.05) is 12.1 Å². The molecule has 0 aliphatic rings. The number of aliphatic carboxylic acids is 1. The Hall–Kier alpha value is -2.74. The van der Waals surface area contributed by atoms with E-state index in [2.05, 4.69) is 0 Å². The number of rotatable bonds is 7. The SMILES string of the molecule is O=C([O-])C(CCc1ccccc1)S(=O)(=O)c1ccc([N+](=O)[O-])cc1. The summed E-state index contributed by atoms with van der Waals surface area (Å²) in [7, 11) is -4.20. The number of nitro benzene ring substituents is 1. The number of carbonyl (C=O) groups is 1. The Balaban J connectivity index is 2.25. The molecule has 0 aromatic heterocycles. The van der Waals surface area contributed by atoms with E-state index in [0.29, 0.717) is 0 Å². The molecule has 0 N–H and O–H groups in total. The van der Waals surface area contributed by atoms with Crippen molar-refractivity contribution in [1.82, 2.24) is 0 Å². The van der Waals surface area contributed by atoms with Crippen LogP contribution in [-0.4, -0.2) is 24.6 Å². The summed E-state index contributed by atoms with van der Waals surface area (Å²) in [6, 6.07) is 13.0. The van der Waals surface area contributed by atoms with Crippen LogP contribution in [-0.2, 0) is 21.1 Å². The molecular formula is C16H14NO6S-. The lowest BCUT2D eigenvalue weighted by Crippen LogP contribution is -2.41. The molecule has 2 aromatic rings. The fourth-order valence-electron chi connectivity index (χ4n) is 2.26. The van der Waals surface area contributed by atoms with Crippen molar-refractivity contribution < 1.29 is 23.2 Å². The number of benzene rings is 2. The van der Waals surface area contributed by atoms with Crippen molar-refractivity contribution in [3.05, 3.63) is 70.3 Å². The summed E-state index contributed by atoms with van der Waals surface area (Å²) in [6.45, 7) is 0. The summed E-state index contributed by atoms with van der Waals surface area (Å²) >= 11 is 0. The van der Waals surface area contributed by atoms with Crippen LogP contribution in [0.2, 0.25) is 0 Å². The lowest BCUT2D eigenvalue weighted by atomic mass is 10.1. The van der Waals surface area contributed by atoms with Crippen LogP contribution >= 0.6 is 0 Å². The van der Waals surface area contributed by atoms with Gasteiger partial charge in [-0.3, -0.25) is 10.1 Å². The van der Waals surface area contributed by atoms with Crippen molar-refractivity contribution in [2.75, 3.05) is 0 Å². The first-order valence-corrected chi connectivity index (χ1v) is 8.60. The Morgan fingerprint density at radius 2 is 1.62 bits per heavy atom. The van der Waals surface area contributed by atoms with Crippen molar-refractivity contribution in [3.8, 4) is 0 Å². The Bertz CT molecular complexity index is 831. The molecule has 0 aliphatic heterocycles. The first-order chi connectivity index (χ1) is 11.3. The van der Waals surface area contributed by atoms with E-state index in [1.165, 1.54) is 0 Å². The summed E-state index contributed by atoms with van der Waals surface area (Å²) in [5.74, 6) is -1.69. The molecule has 126 valence electrons. The highest BCUT2D eigenvalue weighted by Crippen LogP contribution is 2.22. The zero-order valence-electron chi connectivity index (χ0n) is 12.5. The fourth-order valence-corrected chi connectivity index (χ4v) is 3.79. The van der Waals surface area contributed by atoms with Crippen LogP contribution in [0.25, 0.3) is 0 Å². The number of hydrogen-bond acceptors (Lipinski definition) is 6. The topological polar surface area (TPSA) is 117 Å². The number of nitrogens with zero attached hydrogens (tertiary/aromatic N) is 1. The summed E-state index contributed by atoms with van der Waals surface area (Å²) in [5, 5.41) is 20.2. The Labute approximate surface area is 138 Å². The van der Waals surface area contributed by atoms with Gasteiger partial charge < -0.3 is 9.90 Å². The number of hydrogen-bond donors (Lipinski definition) is 0. The van der Waals surface area contributed by atoms with Gasteiger partial charge >= 0.3 is 0 Å². The summed E-state index contributed by atoms with van der Waals surface area (Å²) in [6.07, 6.45) is 0.108. The van der Waals surface area contributed by atoms with Crippen LogP contribution in [0.3, 0.4) is 0 Å². The van der Waals surface area contributed by atoms with Crippen LogP contribution in [0.1, 0.15) is 12.0 Å². The van der Waals surface area contributed by atoms with Gasteiger partial charge in [0.25, 0.3) is 5.69 Å². The van der Waals surface area contributed by atoms with E-state index in [9.17, 15) is 28.4 Å². The highest BCUT2D eigenvalue weighted by molar-refractivity contribution is 7.92. The second-order valence-electron chi connectivity index (χ2n) is 5.13. The summed E-state index contributed by atoms with van der Waals surface area (Å²) in [4.78, 5) is 21.0. The zero-order valence-corrected chi connectivity index (χ0v) is 13.3. The van der Waals surface area contributed by atoms with Gasteiger partial charge in [-0.15, -0.1) is 0 Å². The number of carboxylic acids is 1. The van der Waals surface area contributed by atoms with Gasteiger partial charge in [-0.05, 0) is 30.5 Å². The molecule has 0 fully saturated rings. The highest BCUT2D eigenvalue weighted by Gasteiger charge is 2.29. The van der Waals surface area contributed by atoms with E-state index < -0.39 is 26.0 Å². The molecule has 0 aliphatic carbocycles. The van der Waals surface area contributed by atoms with E-state index in [-0.39, 0.29) is 23.4 Å². The van der Waals surface area contributed by atoms with Gasteiger partial charge in [0.2, 0.25) is 0 Å². The molecule has 2 rings (SSSR count). The van der Waals surface area contributed by atoms with Crippen molar-refractivity contribution in [1.29, 1.82) is 0 Å². The molecule has 0 heterocycles. The number of carboxylic acid groups (broad SMARTS) is 1. The van der Waals surface area contributed by atoms with Gasteiger partial charge in [-0.25, -0.2) is 8.42 Å². The summed E-state index contributed by atoms with van der Waals surface area (Å²) in [5.41, 5.74) is 0.533. The molecule has 0 saturated carbocycles. The molecule has 0 radical (unpaired) electrons. The van der Waals surface area contributed by atoms with Crippen LogP contribution in [0, 0.1) is 10.1 Å². The molecule has 1 unspecified atom stereocenters. The molecule has 7 nitrogen and oxygen atoms in total. The van der Waals surface area contributed by atoms with Gasteiger partial charge in [0.15, 0.2) is 9.84 Å². The molecule has 0 spiro atoms. The van der Waals surface area contributed by atoms with Gasteiger partial charge in [0.1, 0.15) is 5.25 Å². The van der Waals surface area contributed by atoms with Crippen LogP contribution in [0.5, 0.6) is 0 Å². The van der Waals surface area contributed by atoms with Crippen molar-refractivity contribution in [2.24, 2.45) is 0 Å². The van der Waals surface area contributed by atoms with Crippen LogP contribution in [0.4, 0.5) is 5.69 Å². The average molecular weight is 348 g/mol. The fraction of sp³-hybridized carbons (Fsp3) is 0.188. The maximum Gasteiger partial charge on any atom is 0.269 e. The van der Waals surface area contributed by atoms with Crippen LogP contribution in [0.15, 0.2) is 59.5 Å². The first kappa shape index (κ1) is 17.6. The average Bonchev–Trinajstić information content (AvgIpc) is 2.55. The highest BCUT2D eigenvalue weighted by atomic mass is 32.2. The maximum atomic E-state index is 12.5. The molecule has 0 saturated heterocycles. The predicted molar refractivity (Wildman–Crippen MR) is 83.8 cm³/mol. The third-order valence-electron chi connectivity index (χ3n) is 3.55. The number of non-ortho nitro benzene ring substituents is 1. The monoisotopic (exact) mass is 348 g/mol. The molecular weight excluding hydrogens is 334 g/mol. The lowest BCUT2D eigenvalue weighted by molar-refractivity contribution is -0.384.